The van der Waals surface area contributed by atoms with E-state index in [-0.39, 0.29) is 12.1 Å². The van der Waals surface area contributed by atoms with Gasteiger partial charge in [0.15, 0.2) is 0 Å². The van der Waals surface area contributed by atoms with Crippen molar-refractivity contribution < 1.29 is 12.2 Å². The molecule has 6 aromatic carbocycles. The van der Waals surface area contributed by atoms with Crippen LogP contribution in [0.3, 0.4) is 0 Å². The van der Waals surface area contributed by atoms with Gasteiger partial charge in [0.1, 0.15) is 34.6 Å². The molecular formula is C52H36N6O2. The highest BCUT2D eigenvalue weighted by molar-refractivity contribution is 6.10. The van der Waals surface area contributed by atoms with Gasteiger partial charge in [-0.2, -0.15) is 0 Å². The Kier molecular flexibility index (Phi) is 7.89. The number of hydrogen-bond donors (Lipinski definition) is 0. The van der Waals surface area contributed by atoms with E-state index in [1.165, 1.54) is 0 Å². The third-order valence-corrected chi connectivity index (χ3v) is 10.8. The number of fused-ring (bicyclic) bond motifs is 6. The highest BCUT2D eigenvalue weighted by Gasteiger charge is 2.16. The number of rotatable bonds is 8. The van der Waals surface area contributed by atoms with Crippen LogP contribution in [0, 0.1) is 13.8 Å². The lowest BCUT2D eigenvalue weighted by Crippen LogP contribution is -1.97. The molecule has 0 bridgehead atoms. The number of para-hydroxylation sites is 2. The fourth-order valence-electron chi connectivity index (χ4n) is 8.02. The van der Waals surface area contributed by atoms with Crippen molar-refractivity contribution in [3.8, 4) is 57.1 Å². The van der Waals surface area contributed by atoms with Gasteiger partial charge < -0.3 is 9.47 Å². The van der Waals surface area contributed by atoms with Gasteiger partial charge >= 0.3 is 0 Å². The molecule has 11 aromatic rings. The molecular weight excluding hydrogens is 741 g/mol. The maximum absolute atomic E-state index is 8.64. The zero-order chi connectivity index (χ0) is 41.9. The van der Waals surface area contributed by atoms with E-state index < -0.39 is 0 Å². The quantitative estimate of drug-likeness (QED) is 0.153. The fraction of sp³-hybridized carbons (Fsp3) is 0.0385. The van der Waals surface area contributed by atoms with Crippen molar-refractivity contribution in [1.82, 2.24) is 29.1 Å². The molecule has 0 amide bonds. The first-order chi connectivity index (χ1) is 30.3. The molecule has 0 N–H and O–H groups in total. The van der Waals surface area contributed by atoms with E-state index in [0.717, 1.165) is 66.4 Å². The molecule has 8 heteroatoms. The topological polar surface area (TPSA) is 79.9 Å². The Labute approximate surface area is 348 Å². The minimum absolute atomic E-state index is 0.278. The van der Waals surface area contributed by atoms with E-state index in [1.54, 1.807) is 36.7 Å². The van der Waals surface area contributed by atoms with Crippen molar-refractivity contribution in [1.29, 1.82) is 0 Å². The number of ether oxygens (including phenoxy) is 2. The number of hydrogen-bond acceptors (Lipinski definition) is 6. The Hall–Kier alpha value is -8.10. The highest BCUT2D eigenvalue weighted by Crippen LogP contribution is 2.37. The Bertz CT molecular complexity index is 3310. The second-order valence-corrected chi connectivity index (χ2v) is 14.9. The number of nitrogens with zero attached hydrogens (tertiary/aromatic N) is 6. The molecule has 8 nitrogen and oxygen atoms in total. The van der Waals surface area contributed by atoms with E-state index in [9.17, 15) is 0 Å². The molecule has 11 rings (SSSR count). The lowest BCUT2D eigenvalue weighted by atomic mass is 10.1. The molecule has 0 unspecified atom stereocenters. The second kappa shape index (κ2) is 14.4. The summed E-state index contributed by atoms with van der Waals surface area (Å²) in [5.41, 5.74) is 8.84. The molecule has 0 aliphatic rings. The summed E-state index contributed by atoms with van der Waals surface area (Å²) in [7, 11) is 0. The summed E-state index contributed by atoms with van der Waals surface area (Å²) in [5.74, 6) is 3.94. The first-order valence-electron chi connectivity index (χ1n) is 20.7. The zero-order valence-corrected chi connectivity index (χ0v) is 32.7. The molecule has 0 radical (unpaired) electrons. The molecule has 286 valence electrons. The third-order valence-electron chi connectivity index (χ3n) is 10.8. The molecule has 0 aliphatic heterocycles. The first-order valence-corrected chi connectivity index (χ1v) is 19.7. The standard InChI is InChI=1S/C52H36N6O2/c1-33-21-23-53-51(25-33)57-47-15-5-3-13-41(47)43-19-17-39(29-49(43)57)59-37-11-7-9-35(27-37)45-31-56-46(32-55-45)36-10-8-12-38(28-36)60-40-18-20-44-42-14-4-6-16-48(42)58(50(44)30-40)52-26-34(2)22-24-54-52/h3-32H,1-2H3/i7D,8D. The van der Waals surface area contributed by atoms with Crippen LogP contribution in [0.1, 0.15) is 13.9 Å². The van der Waals surface area contributed by atoms with Crippen molar-refractivity contribution >= 4 is 43.6 Å². The molecule has 5 aromatic heterocycles. The molecule has 0 aliphatic carbocycles. The van der Waals surface area contributed by atoms with Gasteiger partial charge in [0.2, 0.25) is 0 Å². The Morgan fingerprint density at radius 3 is 1.30 bits per heavy atom. The van der Waals surface area contributed by atoms with Crippen LogP contribution >= 0.6 is 0 Å². The second-order valence-electron chi connectivity index (χ2n) is 14.9. The van der Waals surface area contributed by atoms with E-state index in [2.05, 4.69) is 71.5 Å². The minimum atomic E-state index is 0.278. The summed E-state index contributed by atoms with van der Waals surface area (Å²) in [6, 6.07) is 47.9. The third kappa shape index (κ3) is 6.27. The lowest BCUT2D eigenvalue weighted by Gasteiger charge is -2.11. The molecule has 0 saturated carbocycles. The summed E-state index contributed by atoms with van der Waals surface area (Å²) < 4.78 is 34.5. The normalized spacial score (nSPS) is 12.0. The van der Waals surface area contributed by atoms with Gasteiger partial charge in [-0.15, -0.1) is 0 Å². The summed E-state index contributed by atoms with van der Waals surface area (Å²) in [5, 5.41) is 4.44. The highest BCUT2D eigenvalue weighted by atomic mass is 16.5. The van der Waals surface area contributed by atoms with Crippen molar-refractivity contribution in [2.45, 2.75) is 13.8 Å². The molecule has 60 heavy (non-hydrogen) atoms. The first kappa shape index (κ1) is 32.9. The fourth-order valence-corrected chi connectivity index (χ4v) is 8.02. The molecule has 0 atom stereocenters. The van der Waals surface area contributed by atoms with Gasteiger partial charge in [-0.3, -0.25) is 19.1 Å². The van der Waals surface area contributed by atoms with Crippen LogP contribution in [0.5, 0.6) is 23.0 Å². The molecule has 0 spiro atoms. The summed E-state index contributed by atoms with van der Waals surface area (Å²) in [6.45, 7) is 4.12. The molecule has 0 fully saturated rings. The Morgan fingerprint density at radius 1 is 0.417 bits per heavy atom. The van der Waals surface area contributed by atoms with Crippen LogP contribution in [0.4, 0.5) is 0 Å². The number of pyridine rings is 2. The van der Waals surface area contributed by atoms with Gasteiger partial charge in [-0.1, -0.05) is 60.6 Å². The summed E-state index contributed by atoms with van der Waals surface area (Å²) in [4.78, 5) is 18.9. The minimum Gasteiger partial charge on any atom is -0.457 e. The summed E-state index contributed by atoms with van der Waals surface area (Å²) >= 11 is 0. The van der Waals surface area contributed by atoms with Gasteiger partial charge in [-0.25, -0.2) is 9.97 Å². The predicted molar refractivity (Wildman–Crippen MR) is 240 cm³/mol. The lowest BCUT2D eigenvalue weighted by molar-refractivity contribution is 0.483. The average Bonchev–Trinajstić information content (AvgIpc) is 3.78. The monoisotopic (exact) mass is 778 g/mol. The van der Waals surface area contributed by atoms with Crippen molar-refractivity contribution in [2.24, 2.45) is 0 Å². The van der Waals surface area contributed by atoms with Crippen LogP contribution in [-0.4, -0.2) is 29.1 Å². The van der Waals surface area contributed by atoms with Crippen LogP contribution in [-0.2, 0) is 0 Å². The van der Waals surface area contributed by atoms with Gasteiger partial charge in [0, 0.05) is 57.2 Å². The number of aryl methyl sites for hydroxylation is 2. The maximum Gasteiger partial charge on any atom is 0.137 e. The van der Waals surface area contributed by atoms with Crippen LogP contribution < -0.4 is 9.47 Å². The SMILES string of the molecule is [2H]c1cc(Oc2ccc3c4ccccc4n(-c4cc(C)ccn4)c3c2)cc(-c2cnc(-c3cc([2H])cc(Oc4ccc5c6ccccc6n(-c6cc(C)ccn6)c5c4)c3)cn2)c1. The van der Waals surface area contributed by atoms with Crippen molar-refractivity contribution in [3.05, 3.63) is 194 Å². The average molecular weight is 779 g/mol. The number of benzene rings is 6. The van der Waals surface area contributed by atoms with E-state index in [0.29, 0.717) is 45.5 Å². The Morgan fingerprint density at radius 2 is 0.850 bits per heavy atom. The van der Waals surface area contributed by atoms with E-state index in [1.807, 2.05) is 85.2 Å². The van der Waals surface area contributed by atoms with Gasteiger partial charge in [0.05, 0.1) is 48.6 Å². The Balaban J connectivity index is 0.875. The van der Waals surface area contributed by atoms with Crippen molar-refractivity contribution in [3.63, 3.8) is 0 Å². The summed E-state index contributed by atoms with van der Waals surface area (Å²) in [6.07, 6.45) is 7.01. The number of aromatic nitrogens is 6. The zero-order valence-electron chi connectivity index (χ0n) is 34.7. The molecule has 5 heterocycles. The van der Waals surface area contributed by atoms with Crippen molar-refractivity contribution in [2.75, 3.05) is 0 Å². The van der Waals surface area contributed by atoms with Crippen LogP contribution in [0.2, 0.25) is 0 Å². The van der Waals surface area contributed by atoms with Gasteiger partial charge in [-0.05, 0) is 110 Å². The van der Waals surface area contributed by atoms with Crippen LogP contribution in [0.15, 0.2) is 182 Å². The van der Waals surface area contributed by atoms with Gasteiger partial charge in [0.25, 0.3) is 0 Å². The van der Waals surface area contributed by atoms with E-state index in [4.69, 9.17) is 32.2 Å². The largest absolute Gasteiger partial charge is 0.457 e. The van der Waals surface area contributed by atoms with E-state index >= 15 is 0 Å². The smallest absolute Gasteiger partial charge is 0.137 e. The maximum atomic E-state index is 8.64. The van der Waals surface area contributed by atoms with Crippen LogP contribution in [0.25, 0.3) is 77.8 Å². The predicted octanol–water partition coefficient (Wildman–Crippen LogP) is 13.0. The molecule has 0 saturated heterocycles.